The molecule has 0 aromatic heterocycles. The summed E-state index contributed by atoms with van der Waals surface area (Å²) in [4.78, 5) is 23.0. The van der Waals surface area contributed by atoms with Crippen LogP contribution in [0.25, 0.3) is 0 Å². The highest BCUT2D eigenvalue weighted by molar-refractivity contribution is 9.09. The molecule has 1 rings (SSSR count). The summed E-state index contributed by atoms with van der Waals surface area (Å²) in [5.74, 6) is -1.01. The van der Waals surface area contributed by atoms with E-state index >= 15 is 0 Å². The molecule has 21 heavy (non-hydrogen) atoms. The normalized spacial score (nSPS) is 11.3. The summed E-state index contributed by atoms with van der Waals surface area (Å²) in [6.45, 7) is -0.237. The predicted octanol–water partition coefficient (Wildman–Crippen LogP) is 3.30. The highest BCUT2D eigenvalue weighted by Gasteiger charge is 2.35. The Morgan fingerprint density at radius 1 is 1.43 bits per heavy atom. The van der Waals surface area contributed by atoms with Crippen molar-refractivity contribution in [3.05, 3.63) is 39.4 Å². The van der Waals surface area contributed by atoms with E-state index in [2.05, 4.69) is 15.9 Å². The zero-order valence-corrected chi connectivity index (χ0v) is 12.6. The number of carbonyl (C=O) groups is 1. The second-order valence-corrected chi connectivity index (χ2v) is 5.05. The Labute approximate surface area is 127 Å². The van der Waals surface area contributed by atoms with E-state index in [4.69, 9.17) is 0 Å². The third-order valence-corrected chi connectivity index (χ3v) is 3.02. The largest absolute Gasteiger partial charge is 0.406 e. The number of alkyl halides is 4. The van der Waals surface area contributed by atoms with Crippen LogP contribution in [0.5, 0.6) is 0 Å². The van der Waals surface area contributed by atoms with Gasteiger partial charge in [0.25, 0.3) is 11.6 Å². The molecule has 0 unspecified atom stereocenters. The maximum absolute atomic E-state index is 12.5. The molecule has 0 aliphatic rings. The lowest BCUT2D eigenvalue weighted by atomic mass is 10.1. The summed E-state index contributed by atoms with van der Waals surface area (Å²) in [5, 5.41) is 11.1. The lowest BCUT2D eigenvalue weighted by Crippen LogP contribution is -2.40. The summed E-state index contributed by atoms with van der Waals surface area (Å²) in [6.07, 6.45) is -4.57. The number of benzene rings is 1. The van der Waals surface area contributed by atoms with E-state index in [0.29, 0.717) is 4.90 Å². The van der Waals surface area contributed by atoms with E-state index in [1.165, 1.54) is 19.1 Å². The van der Waals surface area contributed by atoms with Crippen LogP contribution in [0.4, 0.5) is 18.9 Å². The average Bonchev–Trinajstić information content (AvgIpc) is 2.35. The molecular formula is C12H12BrF3N2O3. The van der Waals surface area contributed by atoms with Gasteiger partial charge in [-0.3, -0.25) is 14.9 Å². The van der Waals surface area contributed by atoms with Gasteiger partial charge in [-0.25, -0.2) is 0 Å². The van der Waals surface area contributed by atoms with E-state index in [9.17, 15) is 28.1 Å². The summed E-state index contributed by atoms with van der Waals surface area (Å²) in [5.41, 5.74) is -0.592. The third kappa shape index (κ3) is 4.69. The van der Waals surface area contributed by atoms with Crippen LogP contribution in [0.3, 0.4) is 0 Å². The molecule has 116 valence electrons. The minimum absolute atomic E-state index is 0.133. The van der Waals surface area contributed by atoms with Gasteiger partial charge >= 0.3 is 6.18 Å². The lowest BCUT2D eigenvalue weighted by molar-refractivity contribution is -0.385. The molecule has 0 heterocycles. The van der Waals surface area contributed by atoms with Crippen LogP contribution in [0.15, 0.2) is 18.2 Å². The van der Waals surface area contributed by atoms with E-state index in [0.717, 1.165) is 6.07 Å². The molecule has 0 aliphatic carbocycles. The van der Waals surface area contributed by atoms with Gasteiger partial charge in [-0.2, -0.15) is 13.2 Å². The molecule has 0 radical (unpaired) electrons. The van der Waals surface area contributed by atoms with Crippen molar-refractivity contribution >= 4 is 27.5 Å². The van der Waals surface area contributed by atoms with E-state index in [1.54, 1.807) is 0 Å². The second kappa shape index (κ2) is 6.88. The van der Waals surface area contributed by atoms with E-state index in [1.807, 2.05) is 0 Å². The Morgan fingerprint density at radius 2 is 2.05 bits per heavy atom. The Bertz CT molecular complexity index is 549. The number of nitro benzene ring substituents is 1. The number of para-hydroxylation sites is 1. The van der Waals surface area contributed by atoms with Gasteiger partial charge in [0.15, 0.2) is 0 Å². The number of amides is 1. The molecule has 0 atom stereocenters. The average molecular weight is 369 g/mol. The fraction of sp³-hybridized carbons (Fsp3) is 0.417. The Kier molecular flexibility index (Phi) is 5.70. The number of halogens is 4. The monoisotopic (exact) mass is 368 g/mol. The van der Waals surface area contributed by atoms with Crippen molar-refractivity contribution in [3.63, 3.8) is 0 Å². The number of aryl methyl sites for hydroxylation is 1. The number of hydrogen-bond acceptors (Lipinski definition) is 3. The molecule has 0 aliphatic heterocycles. The van der Waals surface area contributed by atoms with Crippen molar-refractivity contribution in [2.75, 3.05) is 18.4 Å². The number of carbonyl (C=O) groups excluding carboxylic acids is 1. The summed E-state index contributed by atoms with van der Waals surface area (Å²) in [7, 11) is 0. The van der Waals surface area contributed by atoms with Crippen LogP contribution in [0.1, 0.15) is 15.9 Å². The number of nitro groups is 1. The lowest BCUT2D eigenvalue weighted by Gasteiger charge is -2.23. The van der Waals surface area contributed by atoms with Crippen molar-refractivity contribution in [1.29, 1.82) is 0 Å². The summed E-state index contributed by atoms with van der Waals surface area (Å²) >= 11 is 2.97. The molecule has 1 amide bonds. The molecule has 0 spiro atoms. The van der Waals surface area contributed by atoms with Gasteiger partial charge < -0.3 is 4.90 Å². The zero-order valence-electron chi connectivity index (χ0n) is 11.0. The molecule has 0 bridgehead atoms. The molecular weight excluding hydrogens is 357 g/mol. The van der Waals surface area contributed by atoms with Crippen molar-refractivity contribution < 1.29 is 22.9 Å². The molecule has 1 aromatic rings. The van der Waals surface area contributed by atoms with E-state index in [-0.39, 0.29) is 23.0 Å². The highest BCUT2D eigenvalue weighted by atomic mass is 79.9. The van der Waals surface area contributed by atoms with E-state index < -0.39 is 29.2 Å². The van der Waals surface area contributed by atoms with Crippen molar-refractivity contribution in [3.8, 4) is 0 Å². The van der Waals surface area contributed by atoms with Crippen LogP contribution >= 0.6 is 15.9 Å². The zero-order chi connectivity index (χ0) is 16.2. The number of rotatable bonds is 5. The van der Waals surface area contributed by atoms with Gasteiger partial charge in [0.2, 0.25) is 0 Å². The van der Waals surface area contributed by atoms with Gasteiger partial charge in [0.1, 0.15) is 12.1 Å². The van der Waals surface area contributed by atoms with Gasteiger partial charge in [0, 0.05) is 17.4 Å². The fourth-order valence-corrected chi connectivity index (χ4v) is 2.24. The van der Waals surface area contributed by atoms with Crippen molar-refractivity contribution in [2.45, 2.75) is 13.1 Å². The molecule has 0 N–H and O–H groups in total. The standard InChI is InChI=1S/C12H12BrF3N2O3/c1-8-3-2-4-9(10(8)18(20)21)11(19)17(6-5-13)7-12(14,15)16/h2-4H,5-7H2,1H3. The molecule has 0 fully saturated rings. The molecule has 1 aromatic carbocycles. The minimum atomic E-state index is -4.57. The molecule has 9 heteroatoms. The van der Waals surface area contributed by atoms with Crippen LogP contribution in [-0.2, 0) is 0 Å². The van der Waals surface area contributed by atoms with Gasteiger partial charge in [-0.1, -0.05) is 28.1 Å². The van der Waals surface area contributed by atoms with Gasteiger partial charge in [-0.05, 0) is 13.0 Å². The summed E-state index contributed by atoms with van der Waals surface area (Å²) in [6, 6.07) is 3.98. The maximum Gasteiger partial charge on any atom is 0.406 e. The fourth-order valence-electron chi connectivity index (χ4n) is 1.82. The Balaban J connectivity index is 3.21. The third-order valence-electron chi connectivity index (χ3n) is 2.66. The number of nitrogens with zero attached hydrogens (tertiary/aromatic N) is 2. The SMILES string of the molecule is Cc1cccc(C(=O)N(CCBr)CC(F)(F)F)c1[N+](=O)[O-]. The first kappa shape index (κ1) is 17.4. The Morgan fingerprint density at radius 3 is 2.52 bits per heavy atom. The molecule has 0 saturated heterocycles. The van der Waals surface area contributed by atoms with Crippen molar-refractivity contribution in [1.82, 2.24) is 4.90 Å². The topological polar surface area (TPSA) is 63.5 Å². The second-order valence-electron chi connectivity index (χ2n) is 4.26. The first-order valence-electron chi connectivity index (χ1n) is 5.83. The van der Waals surface area contributed by atoms with Crippen molar-refractivity contribution in [2.24, 2.45) is 0 Å². The van der Waals surface area contributed by atoms with Crippen LogP contribution in [0, 0.1) is 17.0 Å². The molecule has 0 saturated carbocycles. The first-order chi connectivity index (χ1) is 9.67. The maximum atomic E-state index is 12.5. The van der Waals surface area contributed by atoms with Crippen LogP contribution in [0.2, 0.25) is 0 Å². The molecule has 5 nitrogen and oxygen atoms in total. The predicted molar refractivity (Wildman–Crippen MR) is 73.6 cm³/mol. The smallest absolute Gasteiger partial charge is 0.328 e. The minimum Gasteiger partial charge on any atom is -0.328 e. The summed E-state index contributed by atoms with van der Waals surface area (Å²) < 4.78 is 37.5. The van der Waals surface area contributed by atoms with Crippen LogP contribution in [-0.4, -0.2) is 40.3 Å². The van der Waals surface area contributed by atoms with Gasteiger partial charge in [0.05, 0.1) is 4.92 Å². The first-order valence-corrected chi connectivity index (χ1v) is 6.95. The quantitative estimate of drug-likeness (QED) is 0.455. The number of hydrogen-bond donors (Lipinski definition) is 0. The van der Waals surface area contributed by atoms with Crippen LogP contribution < -0.4 is 0 Å². The Hall–Kier alpha value is -1.64. The van der Waals surface area contributed by atoms with Gasteiger partial charge in [-0.15, -0.1) is 0 Å². The highest BCUT2D eigenvalue weighted by Crippen LogP contribution is 2.26.